The Morgan fingerprint density at radius 3 is 2.15 bits per heavy atom. The number of benzene rings is 2. The van der Waals surface area contributed by atoms with Gasteiger partial charge < -0.3 is 5.73 Å². The number of hydrogen-bond donors (Lipinski definition) is 2. The minimum absolute atomic E-state index is 0.495. The zero-order valence-corrected chi connectivity index (χ0v) is 11.8. The predicted octanol–water partition coefficient (Wildman–Crippen LogP) is 3.39. The third-order valence-corrected chi connectivity index (χ3v) is 3.58. The quantitative estimate of drug-likeness (QED) is 0.327. The first-order chi connectivity index (χ1) is 9.79. The molecule has 3 rings (SSSR count). The van der Waals surface area contributed by atoms with E-state index in [0.29, 0.717) is 5.17 Å². The Morgan fingerprint density at radius 1 is 1.05 bits per heavy atom. The number of para-hydroxylation sites is 2. The summed E-state index contributed by atoms with van der Waals surface area (Å²) < 4.78 is 0. The van der Waals surface area contributed by atoms with Gasteiger partial charge in [0.2, 0.25) is 0 Å². The molecule has 0 amide bonds. The normalized spacial score (nSPS) is 11.9. The number of fused-ring (bicyclic) bond motifs is 2. The van der Waals surface area contributed by atoms with Gasteiger partial charge in [-0.15, -0.1) is 0 Å². The summed E-state index contributed by atoms with van der Waals surface area (Å²) in [7, 11) is 0. The van der Waals surface area contributed by atoms with Crippen LogP contribution in [0.15, 0.2) is 53.6 Å². The lowest BCUT2D eigenvalue weighted by atomic mass is 10.1. The van der Waals surface area contributed by atoms with Crippen LogP contribution >= 0.6 is 11.8 Å². The minimum Gasteiger partial charge on any atom is -0.377 e. The minimum atomic E-state index is 0.495. The monoisotopic (exact) mass is 282 g/mol. The highest BCUT2D eigenvalue weighted by Gasteiger charge is 2.07. The zero-order chi connectivity index (χ0) is 13.9. The van der Waals surface area contributed by atoms with Crippen LogP contribution in [0.4, 0.5) is 5.69 Å². The van der Waals surface area contributed by atoms with E-state index < -0.39 is 0 Å². The molecule has 0 atom stereocenters. The molecule has 3 aromatic rings. The molecule has 0 unspecified atom stereocenters. The molecule has 20 heavy (non-hydrogen) atoms. The van der Waals surface area contributed by atoms with Crippen LogP contribution in [-0.2, 0) is 0 Å². The van der Waals surface area contributed by atoms with Crippen molar-refractivity contribution < 1.29 is 0 Å². The molecule has 0 saturated carbocycles. The number of amidine groups is 1. The van der Waals surface area contributed by atoms with Crippen molar-refractivity contribution in [3.63, 3.8) is 0 Å². The van der Waals surface area contributed by atoms with Gasteiger partial charge in [-0.2, -0.15) is 5.10 Å². The Labute approximate surface area is 121 Å². The summed E-state index contributed by atoms with van der Waals surface area (Å²) in [5.41, 5.74) is 11.6. The van der Waals surface area contributed by atoms with Crippen molar-refractivity contribution >= 4 is 44.4 Å². The Hall–Kier alpha value is -2.27. The Morgan fingerprint density at radius 2 is 1.60 bits per heavy atom. The molecular weight excluding hydrogens is 268 g/mol. The standard InChI is InChI=1S/C15H14N4S/c1-20-15(16)19-18-14-10-6-2-4-8-12(10)17-13-9-5-3-7-11(13)14/h2-9H,1H3,(H2,16,19)(H,17,18). The Balaban J connectivity index is 2.28. The van der Waals surface area contributed by atoms with Crippen molar-refractivity contribution in [2.75, 3.05) is 11.7 Å². The maximum atomic E-state index is 5.74. The van der Waals surface area contributed by atoms with E-state index in [2.05, 4.69) is 15.5 Å². The molecule has 100 valence electrons. The number of nitrogens with zero attached hydrogens (tertiary/aromatic N) is 2. The first kappa shape index (κ1) is 12.7. The van der Waals surface area contributed by atoms with Crippen LogP contribution in [-0.4, -0.2) is 16.4 Å². The van der Waals surface area contributed by atoms with Crippen LogP contribution in [0.1, 0.15) is 0 Å². The van der Waals surface area contributed by atoms with E-state index in [1.165, 1.54) is 11.8 Å². The van der Waals surface area contributed by atoms with Gasteiger partial charge in [0.05, 0.1) is 16.7 Å². The lowest BCUT2D eigenvalue weighted by Gasteiger charge is -2.10. The molecule has 0 aliphatic carbocycles. The third kappa shape index (κ3) is 2.28. The third-order valence-electron chi connectivity index (χ3n) is 3.07. The molecule has 0 spiro atoms. The highest BCUT2D eigenvalue weighted by Crippen LogP contribution is 2.30. The van der Waals surface area contributed by atoms with Crippen molar-refractivity contribution in [1.29, 1.82) is 0 Å². The molecule has 4 nitrogen and oxygen atoms in total. The summed E-state index contributed by atoms with van der Waals surface area (Å²) >= 11 is 1.40. The van der Waals surface area contributed by atoms with Crippen LogP contribution in [0.3, 0.4) is 0 Å². The van der Waals surface area contributed by atoms with E-state index in [9.17, 15) is 0 Å². The fourth-order valence-corrected chi connectivity index (χ4v) is 2.25. The Kier molecular flexibility index (Phi) is 3.43. The second-order valence-electron chi connectivity index (χ2n) is 4.29. The highest BCUT2D eigenvalue weighted by molar-refractivity contribution is 8.13. The largest absolute Gasteiger partial charge is 0.377 e. The first-order valence-corrected chi connectivity index (χ1v) is 7.42. The van der Waals surface area contributed by atoms with Gasteiger partial charge in [0.25, 0.3) is 0 Å². The lowest BCUT2D eigenvalue weighted by Crippen LogP contribution is -2.08. The van der Waals surface area contributed by atoms with Gasteiger partial charge in [-0.05, 0) is 18.4 Å². The van der Waals surface area contributed by atoms with E-state index in [1.54, 1.807) is 0 Å². The number of pyridine rings is 1. The second-order valence-corrected chi connectivity index (χ2v) is 5.11. The summed E-state index contributed by atoms with van der Waals surface area (Å²) in [5, 5.41) is 6.75. The average Bonchev–Trinajstić information content (AvgIpc) is 2.51. The molecule has 0 aliphatic heterocycles. The molecule has 0 aliphatic rings. The molecule has 2 aromatic carbocycles. The van der Waals surface area contributed by atoms with Crippen molar-refractivity contribution in [1.82, 2.24) is 4.98 Å². The van der Waals surface area contributed by atoms with Crippen LogP contribution in [0.5, 0.6) is 0 Å². The summed E-state index contributed by atoms with van der Waals surface area (Å²) in [6.07, 6.45) is 1.89. The second kappa shape index (κ2) is 5.38. The van der Waals surface area contributed by atoms with E-state index in [0.717, 1.165) is 27.5 Å². The molecule has 1 heterocycles. The number of rotatable bonds is 2. The van der Waals surface area contributed by atoms with Gasteiger partial charge >= 0.3 is 0 Å². The van der Waals surface area contributed by atoms with E-state index in [1.807, 2.05) is 54.8 Å². The Bertz CT molecular complexity index is 744. The molecule has 5 heteroatoms. The summed E-state index contributed by atoms with van der Waals surface area (Å²) in [5.74, 6) is 0. The first-order valence-electron chi connectivity index (χ1n) is 6.20. The van der Waals surface area contributed by atoms with Crippen LogP contribution in [0.25, 0.3) is 21.8 Å². The number of nitrogens with one attached hydrogen (secondary N) is 1. The zero-order valence-electron chi connectivity index (χ0n) is 11.0. The average molecular weight is 282 g/mol. The fraction of sp³-hybridized carbons (Fsp3) is 0.0667. The van der Waals surface area contributed by atoms with Gasteiger partial charge in [0.15, 0.2) is 5.17 Å². The molecule has 3 N–H and O–H groups in total. The maximum absolute atomic E-state index is 5.74. The van der Waals surface area contributed by atoms with Crippen molar-refractivity contribution in [3.8, 4) is 0 Å². The number of nitrogens with two attached hydrogens (primary N) is 1. The lowest BCUT2D eigenvalue weighted by molar-refractivity contribution is 1.35. The van der Waals surface area contributed by atoms with Crippen LogP contribution < -0.4 is 11.2 Å². The van der Waals surface area contributed by atoms with Gasteiger partial charge in [-0.3, -0.25) is 5.43 Å². The van der Waals surface area contributed by atoms with Crippen LogP contribution in [0.2, 0.25) is 0 Å². The van der Waals surface area contributed by atoms with Gasteiger partial charge in [0.1, 0.15) is 0 Å². The molecule has 0 radical (unpaired) electrons. The number of anilines is 1. The summed E-state index contributed by atoms with van der Waals surface area (Å²) in [6, 6.07) is 16.0. The number of hydrazone groups is 1. The predicted molar refractivity (Wildman–Crippen MR) is 88.0 cm³/mol. The molecular formula is C15H14N4S. The number of aromatic nitrogens is 1. The van der Waals surface area contributed by atoms with E-state index in [-0.39, 0.29) is 0 Å². The summed E-state index contributed by atoms with van der Waals surface area (Å²) in [4.78, 5) is 4.66. The van der Waals surface area contributed by atoms with Crippen molar-refractivity contribution in [2.45, 2.75) is 0 Å². The topological polar surface area (TPSA) is 63.3 Å². The van der Waals surface area contributed by atoms with Crippen LogP contribution in [0, 0.1) is 0 Å². The molecule has 0 saturated heterocycles. The molecule has 0 bridgehead atoms. The smallest absolute Gasteiger partial charge is 0.177 e. The van der Waals surface area contributed by atoms with Gasteiger partial charge in [-0.1, -0.05) is 48.2 Å². The summed E-state index contributed by atoms with van der Waals surface area (Å²) in [6.45, 7) is 0. The molecule has 1 aromatic heterocycles. The SMILES string of the molecule is CS/C(N)=N/Nc1c2ccccc2nc2ccccc12. The van der Waals surface area contributed by atoms with Crippen molar-refractivity contribution in [2.24, 2.45) is 10.8 Å². The maximum Gasteiger partial charge on any atom is 0.177 e. The van der Waals surface area contributed by atoms with Crippen molar-refractivity contribution in [3.05, 3.63) is 48.5 Å². The van der Waals surface area contributed by atoms with Gasteiger partial charge in [-0.25, -0.2) is 4.98 Å². The van der Waals surface area contributed by atoms with Gasteiger partial charge in [0, 0.05) is 10.8 Å². The fourth-order valence-electron chi connectivity index (χ4n) is 2.12. The molecule has 0 fully saturated rings. The van der Waals surface area contributed by atoms with E-state index in [4.69, 9.17) is 5.73 Å². The highest BCUT2D eigenvalue weighted by atomic mass is 32.2. The number of thioether (sulfide) groups is 1. The van der Waals surface area contributed by atoms with E-state index >= 15 is 0 Å². The number of hydrogen-bond acceptors (Lipinski definition) is 4.